The molecule has 2 N–H and O–H groups in total. The van der Waals surface area contributed by atoms with Crippen molar-refractivity contribution in [3.05, 3.63) is 51.4 Å². The van der Waals surface area contributed by atoms with Gasteiger partial charge in [-0.25, -0.2) is 4.98 Å². The van der Waals surface area contributed by atoms with Crippen molar-refractivity contribution in [1.82, 2.24) is 4.98 Å². The molecule has 0 atom stereocenters. The summed E-state index contributed by atoms with van der Waals surface area (Å²) in [6.07, 6.45) is 3.98. The number of rotatable bonds is 3. The van der Waals surface area contributed by atoms with Crippen molar-refractivity contribution in [3.8, 4) is 5.75 Å². The van der Waals surface area contributed by atoms with E-state index in [0.29, 0.717) is 4.47 Å². The van der Waals surface area contributed by atoms with E-state index >= 15 is 0 Å². The molecular formula is C16H13BrN2OS. The maximum absolute atomic E-state index is 9.49. The Kier molecular flexibility index (Phi) is 3.94. The maximum Gasteiger partial charge on any atom is 0.129 e. The van der Waals surface area contributed by atoms with Crippen LogP contribution in [0.1, 0.15) is 10.6 Å². The molecule has 106 valence electrons. The van der Waals surface area contributed by atoms with Crippen LogP contribution in [-0.4, -0.2) is 17.1 Å². The van der Waals surface area contributed by atoms with E-state index in [2.05, 4.69) is 32.3 Å². The summed E-state index contributed by atoms with van der Waals surface area (Å²) in [7, 11) is 1.91. The van der Waals surface area contributed by atoms with Crippen molar-refractivity contribution in [2.45, 2.75) is 0 Å². The van der Waals surface area contributed by atoms with E-state index in [1.807, 2.05) is 43.5 Å². The molecule has 0 aliphatic rings. The SMILES string of the molecule is CNc1ccc2nc(/C=C/c3ccc(O)c(Br)c3)sc2c1. The minimum atomic E-state index is 0.242. The normalized spacial score (nSPS) is 11.3. The van der Waals surface area contributed by atoms with Crippen molar-refractivity contribution in [3.63, 3.8) is 0 Å². The number of hydrogen-bond donors (Lipinski definition) is 2. The molecular weight excluding hydrogens is 348 g/mol. The molecule has 0 aliphatic carbocycles. The standard InChI is InChI=1S/C16H13BrN2OS/c1-18-11-4-5-13-15(9-11)21-16(19-13)7-3-10-2-6-14(20)12(17)8-10/h2-9,18,20H,1H3/b7-3+. The lowest BCUT2D eigenvalue weighted by Gasteiger charge is -1.97. The lowest BCUT2D eigenvalue weighted by Crippen LogP contribution is -1.85. The molecule has 5 heteroatoms. The van der Waals surface area contributed by atoms with Gasteiger partial charge >= 0.3 is 0 Å². The highest BCUT2D eigenvalue weighted by Gasteiger charge is 2.02. The summed E-state index contributed by atoms with van der Waals surface area (Å²) in [6, 6.07) is 11.5. The first kappa shape index (κ1) is 14.1. The minimum absolute atomic E-state index is 0.242. The zero-order chi connectivity index (χ0) is 14.8. The Bertz CT molecular complexity index is 826. The highest BCUT2D eigenvalue weighted by atomic mass is 79.9. The monoisotopic (exact) mass is 360 g/mol. The molecule has 0 fully saturated rings. The Morgan fingerprint density at radius 3 is 2.81 bits per heavy atom. The van der Waals surface area contributed by atoms with Gasteiger partial charge in [-0.1, -0.05) is 12.1 Å². The summed E-state index contributed by atoms with van der Waals surface area (Å²) in [6.45, 7) is 0. The van der Waals surface area contributed by atoms with Crippen molar-refractivity contribution < 1.29 is 5.11 Å². The van der Waals surface area contributed by atoms with Gasteiger partial charge in [-0.15, -0.1) is 11.3 Å². The molecule has 3 nitrogen and oxygen atoms in total. The van der Waals surface area contributed by atoms with Crippen LogP contribution in [0, 0.1) is 0 Å². The lowest BCUT2D eigenvalue weighted by atomic mass is 10.2. The highest BCUT2D eigenvalue weighted by Crippen LogP contribution is 2.28. The van der Waals surface area contributed by atoms with Crippen LogP contribution < -0.4 is 5.32 Å². The maximum atomic E-state index is 9.49. The van der Waals surface area contributed by atoms with Crippen LogP contribution in [0.25, 0.3) is 22.4 Å². The second-order valence-corrected chi connectivity index (χ2v) is 6.45. The average Bonchev–Trinajstić information content (AvgIpc) is 2.90. The zero-order valence-electron chi connectivity index (χ0n) is 11.3. The number of phenols is 1. The first-order valence-corrected chi connectivity index (χ1v) is 8.01. The highest BCUT2D eigenvalue weighted by molar-refractivity contribution is 9.10. The molecule has 3 rings (SSSR count). The van der Waals surface area contributed by atoms with Crippen LogP contribution in [0.3, 0.4) is 0 Å². The third-order valence-corrected chi connectivity index (χ3v) is 4.70. The van der Waals surface area contributed by atoms with Gasteiger partial charge in [0.15, 0.2) is 0 Å². The van der Waals surface area contributed by atoms with E-state index in [9.17, 15) is 5.11 Å². The van der Waals surface area contributed by atoms with Gasteiger partial charge in [0.25, 0.3) is 0 Å². The van der Waals surface area contributed by atoms with E-state index in [-0.39, 0.29) is 5.75 Å². The van der Waals surface area contributed by atoms with Crippen LogP contribution >= 0.6 is 27.3 Å². The third-order valence-electron chi connectivity index (χ3n) is 3.08. The summed E-state index contributed by atoms with van der Waals surface area (Å²) in [5.74, 6) is 0.242. The predicted octanol–water partition coefficient (Wildman–Crippen LogP) is 4.98. The number of hydrogen-bond acceptors (Lipinski definition) is 4. The fraction of sp³-hybridized carbons (Fsp3) is 0.0625. The number of aromatic nitrogens is 1. The smallest absolute Gasteiger partial charge is 0.129 e. The van der Waals surface area contributed by atoms with Gasteiger partial charge in [0.05, 0.1) is 14.7 Å². The van der Waals surface area contributed by atoms with Gasteiger partial charge in [0.1, 0.15) is 10.8 Å². The van der Waals surface area contributed by atoms with Gasteiger partial charge in [0.2, 0.25) is 0 Å². The number of thiazole rings is 1. The van der Waals surface area contributed by atoms with Gasteiger partial charge in [-0.05, 0) is 57.9 Å². The van der Waals surface area contributed by atoms with Crippen LogP contribution in [-0.2, 0) is 0 Å². The van der Waals surface area contributed by atoms with E-state index in [1.165, 1.54) is 0 Å². The molecule has 0 saturated carbocycles. The summed E-state index contributed by atoms with van der Waals surface area (Å²) in [5.41, 5.74) is 3.10. The fourth-order valence-corrected chi connectivity index (χ4v) is 3.27. The first-order chi connectivity index (χ1) is 10.2. The van der Waals surface area contributed by atoms with Crippen molar-refractivity contribution >= 4 is 55.3 Å². The number of benzene rings is 2. The second kappa shape index (κ2) is 5.87. The molecule has 0 radical (unpaired) electrons. The number of nitrogens with one attached hydrogen (secondary N) is 1. The molecule has 3 aromatic rings. The van der Waals surface area contributed by atoms with Crippen LogP contribution in [0.2, 0.25) is 0 Å². The largest absolute Gasteiger partial charge is 0.507 e. The quantitative estimate of drug-likeness (QED) is 0.692. The Balaban J connectivity index is 1.90. The molecule has 1 heterocycles. The van der Waals surface area contributed by atoms with E-state index in [0.717, 1.165) is 26.5 Å². The van der Waals surface area contributed by atoms with E-state index in [1.54, 1.807) is 17.4 Å². The molecule has 0 saturated heterocycles. The summed E-state index contributed by atoms with van der Waals surface area (Å²) in [5, 5.41) is 13.6. The summed E-state index contributed by atoms with van der Waals surface area (Å²) < 4.78 is 1.85. The van der Waals surface area contributed by atoms with E-state index in [4.69, 9.17) is 0 Å². The van der Waals surface area contributed by atoms with Crippen molar-refractivity contribution in [2.24, 2.45) is 0 Å². The molecule has 0 bridgehead atoms. The van der Waals surface area contributed by atoms with Gasteiger partial charge < -0.3 is 10.4 Å². The molecule has 1 aromatic heterocycles. The minimum Gasteiger partial charge on any atom is -0.507 e. The number of anilines is 1. The lowest BCUT2D eigenvalue weighted by molar-refractivity contribution is 0.472. The van der Waals surface area contributed by atoms with Crippen molar-refractivity contribution in [2.75, 3.05) is 12.4 Å². The molecule has 0 unspecified atom stereocenters. The molecule has 21 heavy (non-hydrogen) atoms. The van der Waals surface area contributed by atoms with Gasteiger partial charge in [-0.3, -0.25) is 0 Å². The van der Waals surface area contributed by atoms with Crippen LogP contribution in [0.5, 0.6) is 5.75 Å². The Morgan fingerprint density at radius 1 is 1.19 bits per heavy atom. The zero-order valence-corrected chi connectivity index (χ0v) is 13.7. The summed E-state index contributed by atoms with van der Waals surface area (Å²) >= 11 is 4.97. The predicted molar refractivity (Wildman–Crippen MR) is 93.9 cm³/mol. The molecule has 0 amide bonds. The number of phenolic OH excluding ortho intramolecular Hbond substituents is 1. The van der Waals surface area contributed by atoms with Crippen molar-refractivity contribution in [1.29, 1.82) is 0 Å². The van der Waals surface area contributed by atoms with Gasteiger partial charge in [-0.2, -0.15) is 0 Å². The topological polar surface area (TPSA) is 45.2 Å². The number of fused-ring (bicyclic) bond motifs is 1. The molecule has 0 spiro atoms. The first-order valence-electron chi connectivity index (χ1n) is 6.40. The fourth-order valence-electron chi connectivity index (χ4n) is 1.96. The van der Waals surface area contributed by atoms with Gasteiger partial charge in [0, 0.05) is 12.7 Å². The third kappa shape index (κ3) is 3.09. The average molecular weight is 361 g/mol. The Hall–Kier alpha value is -1.85. The van der Waals surface area contributed by atoms with E-state index < -0.39 is 0 Å². The second-order valence-electron chi connectivity index (χ2n) is 4.53. The number of nitrogens with zero attached hydrogens (tertiary/aromatic N) is 1. The van der Waals surface area contributed by atoms with Crippen LogP contribution in [0.15, 0.2) is 40.9 Å². The van der Waals surface area contributed by atoms with Crippen LogP contribution in [0.4, 0.5) is 5.69 Å². The summed E-state index contributed by atoms with van der Waals surface area (Å²) in [4.78, 5) is 4.59. The Labute approximate surface area is 135 Å². The number of halogens is 1. The molecule has 0 aliphatic heterocycles. The Morgan fingerprint density at radius 2 is 2.05 bits per heavy atom. The molecule has 2 aromatic carbocycles. The number of aromatic hydroxyl groups is 1.